The molecule has 0 aromatic heterocycles. The molecule has 5 bridgehead atoms. The van der Waals surface area contributed by atoms with Crippen LogP contribution in [0.4, 0.5) is 5.69 Å². The molecule has 2 saturated heterocycles. The Balaban J connectivity index is 1.44. The fraction of sp³-hybridized carbons (Fsp3) is 0.412. The maximum atomic E-state index is 14.8. The highest BCUT2D eigenvalue weighted by Gasteiger charge is 2.74. The number of esters is 1. The second-order valence-corrected chi connectivity index (χ2v) is 13.2. The SMILES string of the molecule is O=C1CC/C=C\CN(c2ccc(Cl)cc2)C(=O)[C@@H]2N(CCCCO)C(=O)[C@H]3[C@H](C(=O)N[C@H](c4ccccc4)CO1)[C@H]1O[C@@]23C=C1Br. The van der Waals surface area contributed by atoms with Gasteiger partial charge >= 0.3 is 5.97 Å². The minimum absolute atomic E-state index is 0.0581. The number of nitrogens with one attached hydrogen (secondary N) is 1. The van der Waals surface area contributed by atoms with E-state index >= 15 is 0 Å². The highest BCUT2D eigenvalue weighted by molar-refractivity contribution is 9.11. The molecule has 0 saturated carbocycles. The number of allylic oxidation sites excluding steroid dienone is 1. The van der Waals surface area contributed by atoms with Crippen molar-refractivity contribution in [3.63, 3.8) is 0 Å². The van der Waals surface area contributed by atoms with Crippen molar-refractivity contribution in [1.29, 1.82) is 0 Å². The molecule has 4 aliphatic rings. The second kappa shape index (κ2) is 13.7. The van der Waals surface area contributed by atoms with Crippen molar-refractivity contribution in [3.05, 3.63) is 87.9 Å². The van der Waals surface area contributed by atoms with Gasteiger partial charge in [0.1, 0.15) is 24.4 Å². The number of cyclic esters (lactones) is 1. The number of benzene rings is 2. The zero-order chi connectivity index (χ0) is 32.4. The van der Waals surface area contributed by atoms with Gasteiger partial charge < -0.3 is 29.7 Å². The maximum Gasteiger partial charge on any atom is 0.306 e. The topological polar surface area (TPSA) is 125 Å². The molecule has 0 aliphatic carbocycles. The van der Waals surface area contributed by atoms with Crippen LogP contribution in [-0.2, 0) is 28.7 Å². The number of carbonyl (C=O) groups is 4. The van der Waals surface area contributed by atoms with Gasteiger partial charge in [-0.1, -0.05) is 70.0 Å². The van der Waals surface area contributed by atoms with Crippen molar-refractivity contribution in [2.24, 2.45) is 11.8 Å². The molecule has 242 valence electrons. The summed E-state index contributed by atoms with van der Waals surface area (Å²) in [4.78, 5) is 59.2. The first-order valence-corrected chi connectivity index (χ1v) is 16.6. The Morgan fingerprint density at radius 3 is 2.50 bits per heavy atom. The lowest BCUT2D eigenvalue weighted by Gasteiger charge is -2.36. The summed E-state index contributed by atoms with van der Waals surface area (Å²) in [6.07, 6.45) is 6.02. The lowest BCUT2D eigenvalue weighted by atomic mass is 9.74. The quantitative estimate of drug-likeness (QED) is 0.263. The van der Waals surface area contributed by atoms with E-state index in [2.05, 4.69) is 21.2 Å². The first kappa shape index (κ1) is 32.4. The monoisotopic (exact) mass is 711 g/mol. The van der Waals surface area contributed by atoms with Gasteiger partial charge in [0.2, 0.25) is 11.8 Å². The normalized spacial score (nSPS) is 30.6. The van der Waals surface area contributed by atoms with Crippen LogP contribution in [0.5, 0.6) is 0 Å². The lowest BCUT2D eigenvalue weighted by molar-refractivity contribution is -0.145. The number of unbranched alkanes of at least 4 members (excludes halogenated alkanes) is 1. The van der Waals surface area contributed by atoms with Gasteiger partial charge in [-0.05, 0) is 55.2 Å². The molecule has 3 amide bonds. The average molecular weight is 713 g/mol. The van der Waals surface area contributed by atoms with Crippen molar-refractivity contribution in [3.8, 4) is 0 Å². The van der Waals surface area contributed by atoms with Gasteiger partial charge in [0.05, 0.1) is 17.9 Å². The third kappa shape index (κ3) is 6.01. The Morgan fingerprint density at radius 1 is 1.00 bits per heavy atom. The molecule has 4 heterocycles. The van der Waals surface area contributed by atoms with Gasteiger partial charge in [0.25, 0.3) is 5.91 Å². The van der Waals surface area contributed by atoms with Crippen LogP contribution >= 0.6 is 27.5 Å². The van der Waals surface area contributed by atoms with E-state index in [1.54, 1.807) is 41.3 Å². The standard InChI is InChI=1S/C34H35BrClN3O7/c35-24-19-34-28-27(29(24)46-34)31(42)37-25(21-9-3-1-4-10-21)20-45-26(41)11-5-2-6-16-38(23-14-12-22(36)13-15-23)33(44)30(34)39(32(28)43)17-7-8-18-40/h1-4,6,9-10,12-15,19,25,27-30,40H,5,7-8,11,16-18,20H2,(H,37,42)/b6-2-/t25-,27-,28+,29-,30-,34+/m0/s1. The second-order valence-electron chi connectivity index (χ2n) is 11.9. The van der Waals surface area contributed by atoms with Crippen LogP contribution in [0.15, 0.2) is 77.3 Å². The van der Waals surface area contributed by atoms with Crippen molar-refractivity contribution < 1.29 is 33.8 Å². The van der Waals surface area contributed by atoms with Gasteiger partial charge in [0, 0.05) is 41.3 Å². The smallest absolute Gasteiger partial charge is 0.306 e. The molecule has 2 N–H and O–H groups in total. The maximum absolute atomic E-state index is 14.8. The molecule has 2 aromatic rings. The minimum atomic E-state index is -1.41. The molecule has 46 heavy (non-hydrogen) atoms. The third-order valence-corrected chi connectivity index (χ3v) is 10.0. The number of aliphatic hydroxyl groups is 1. The Morgan fingerprint density at radius 2 is 1.76 bits per heavy atom. The predicted octanol–water partition coefficient (Wildman–Crippen LogP) is 4.07. The molecule has 4 aliphatic heterocycles. The van der Waals surface area contributed by atoms with E-state index in [1.807, 2.05) is 36.4 Å². The number of halogens is 2. The van der Waals surface area contributed by atoms with E-state index in [0.29, 0.717) is 34.5 Å². The number of hydrogen-bond acceptors (Lipinski definition) is 7. The minimum Gasteiger partial charge on any atom is -0.463 e. The summed E-state index contributed by atoms with van der Waals surface area (Å²) in [5.74, 6) is -3.52. The lowest BCUT2D eigenvalue weighted by Crippen LogP contribution is -2.56. The first-order valence-electron chi connectivity index (χ1n) is 15.5. The molecule has 12 heteroatoms. The van der Waals surface area contributed by atoms with E-state index in [4.69, 9.17) is 21.1 Å². The Labute approximate surface area is 280 Å². The molecule has 2 fully saturated rings. The Kier molecular flexibility index (Phi) is 9.65. The number of aliphatic hydroxyl groups excluding tert-OH is 1. The molecule has 0 radical (unpaired) electrons. The number of fused-ring (bicyclic) bond motifs is 2. The molecule has 6 rings (SSSR count). The van der Waals surface area contributed by atoms with E-state index in [0.717, 1.165) is 5.56 Å². The number of nitrogens with zero attached hydrogens (tertiary/aromatic N) is 2. The third-order valence-electron chi connectivity index (χ3n) is 9.07. The highest BCUT2D eigenvalue weighted by Crippen LogP contribution is 2.58. The number of ether oxygens (including phenoxy) is 2. The van der Waals surface area contributed by atoms with Crippen molar-refractivity contribution in [2.75, 3.05) is 31.2 Å². The largest absolute Gasteiger partial charge is 0.463 e. The summed E-state index contributed by atoms with van der Waals surface area (Å²) >= 11 is 9.76. The van der Waals surface area contributed by atoms with Crippen molar-refractivity contribution in [1.82, 2.24) is 10.2 Å². The van der Waals surface area contributed by atoms with Crippen LogP contribution in [0.2, 0.25) is 5.02 Å². The Bertz CT molecular complexity index is 1550. The highest BCUT2D eigenvalue weighted by atomic mass is 79.9. The fourth-order valence-electron chi connectivity index (χ4n) is 6.94. The number of likely N-dealkylation sites (tertiary alicyclic amines) is 1. The van der Waals surface area contributed by atoms with E-state index in [9.17, 15) is 24.3 Å². The van der Waals surface area contributed by atoms with Gasteiger partial charge in [-0.2, -0.15) is 0 Å². The molecule has 2 aromatic carbocycles. The van der Waals surface area contributed by atoms with Crippen LogP contribution in [-0.4, -0.2) is 77.7 Å². The molecular formula is C34H35BrClN3O7. The van der Waals surface area contributed by atoms with Crippen LogP contribution in [0, 0.1) is 11.8 Å². The number of anilines is 1. The van der Waals surface area contributed by atoms with Crippen LogP contribution in [0.25, 0.3) is 0 Å². The molecule has 10 nitrogen and oxygen atoms in total. The molecule has 1 spiro atoms. The van der Waals surface area contributed by atoms with Gasteiger partial charge in [-0.25, -0.2) is 0 Å². The number of rotatable bonds is 6. The van der Waals surface area contributed by atoms with E-state index < -0.39 is 47.5 Å². The summed E-state index contributed by atoms with van der Waals surface area (Å²) < 4.78 is 12.8. The summed E-state index contributed by atoms with van der Waals surface area (Å²) in [5, 5.41) is 13.0. The summed E-state index contributed by atoms with van der Waals surface area (Å²) in [5.41, 5.74) is -0.102. The van der Waals surface area contributed by atoms with Gasteiger partial charge in [-0.15, -0.1) is 0 Å². The summed E-state index contributed by atoms with van der Waals surface area (Å²) in [7, 11) is 0. The van der Waals surface area contributed by atoms with E-state index in [1.165, 1.54) is 4.90 Å². The number of carbonyl (C=O) groups excluding carboxylic acids is 4. The first-order chi connectivity index (χ1) is 22.2. The van der Waals surface area contributed by atoms with Gasteiger partial charge in [-0.3, -0.25) is 19.2 Å². The molecule has 0 unspecified atom stereocenters. The Hall–Kier alpha value is -3.51. The van der Waals surface area contributed by atoms with Crippen molar-refractivity contribution >= 4 is 56.9 Å². The van der Waals surface area contributed by atoms with Crippen LogP contribution < -0.4 is 10.2 Å². The molecule has 6 atom stereocenters. The van der Waals surface area contributed by atoms with Gasteiger partial charge in [0.15, 0.2) is 0 Å². The van der Waals surface area contributed by atoms with E-state index in [-0.39, 0.29) is 44.5 Å². The average Bonchev–Trinajstić information content (AvgIpc) is 3.64. The summed E-state index contributed by atoms with van der Waals surface area (Å²) in [6.45, 7) is 0.210. The summed E-state index contributed by atoms with van der Waals surface area (Å²) in [6, 6.07) is 14.3. The zero-order valence-corrected chi connectivity index (χ0v) is 27.4. The number of amides is 3. The molecular weight excluding hydrogens is 678 g/mol. The predicted molar refractivity (Wildman–Crippen MR) is 174 cm³/mol. The van der Waals surface area contributed by atoms with Crippen molar-refractivity contribution in [2.45, 2.75) is 49.5 Å². The fourth-order valence-corrected chi connectivity index (χ4v) is 7.80. The van der Waals surface area contributed by atoms with Crippen LogP contribution in [0.3, 0.4) is 0 Å². The van der Waals surface area contributed by atoms with Crippen LogP contribution in [0.1, 0.15) is 37.3 Å². The number of hydrogen-bond donors (Lipinski definition) is 2. The zero-order valence-electron chi connectivity index (χ0n) is 25.0.